The van der Waals surface area contributed by atoms with E-state index in [2.05, 4.69) is 26.9 Å². The fraction of sp³-hybridized carbons (Fsp3) is 0.538. The molecule has 1 aromatic rings. The molecule has 0 atom stereocenters. The van der Waals surface area contributed by atoms with Crippen LogP contribution in [0.5, 0.6) is 0 Å². The molecule has 0 radical (unpaired) electrons. The Balaban J connectivity index is 2.94. The van der Waals surface area contributed by atoms with Crippen LogP contribution in [0, 0.1) is 30.6 Å². The van der Waals surface area contributed by atoms with Crippen molar-refractivity contribution in [3.05, 3.63) is 16.8 Å². The molecular weight excluding hydrogens is 242 g/mol. The molecule has 1 aromatic heterocycles. The molecule has 1 rings (SSSR count). The first-order chi connectivity index (χ1) is 8.83. The van der Waals surface area contributed by atoms with Crippen molar-refractivity contribution in [1.82, 2.24) is 15.5 Å². The third-order valence-electron chi connectivity index (χ3n) is 3.11. The second kappa shape index (κ2) is 5.65. The van der Waals surface area contributed by atoms with Gasteiger partial charge < -0.3 is 10.6 Å². The lowest BCUT2D eigenvalue weighted by molar-refractivity contribution is -0.128. The first-order valence-electron chi connectivity index (χ1n) is 6.03. The Morgan fingerprint density at radius 1 is 1.37 bits per heavy atom. The molecule has 1 amide bonds. The van der Waals surface area contributed by atoms with Gasteiger partial charge in [-0.1, -0.05) is 0 Å². The summed E-state index contributed by atoms with van der Waals surface area (Å²) in [5.74, 6) is 0.345. The molecule has 0 unspecified atom stereocenters. The van der Waals surface area contributed by atoms with Crippen molar-refractivity contribution < 1.29 is 4.79 Å². The van der Waals surface area contributed by atoms with Crippen LogP contribution in [0.2, 0.25) is 0 Å². The van der Waals surface area contributed by atoms with Crippen molar-refractivity contribution in [2.45, 2.75) is 27.7 Å². The zero-order chi connectivity index (χ0) is 14.6. The minimum absolute atomic E-state index is 0.0738. The summed E-state index contributed by atoms with van der Waals surface area (Å²) in [6.07, 6.45) is 0. The molecule has 0 aromatic carbocycles. The van der Waals surface area contributed by atoms with E-state index in [1.165, 1.54) is 0 Å². The Bertz CT molecular complexity index is 531. The van der Waals surface area contributed by atoms with Gasteiger partial charge in [0.05, 0.1) is 11.1 Å². The summed E-state index contributed by atoms with van der Waals surface area (Å²) in [5.41, 5.74) is 1.41. The molecule has 0 saturated carbocycles. The summed E-state index contributed by atoms with van der Waals surface area (Å²) < 4.78 is 0. The first-order valence-corrected chi connectivity index (χ1v) is 6.03. The quantitative estimate of drug-likeness (QED) is 0.848. The standard InChI is InChI=1S/C13H19N5O/c1-8-9(2)17-18-11(10(8)6-14)16-7-13(3,4)12(19)15-5/h7H2,1-5H3,(H,15,19)(H,16,18). The molecule has 2 N–H and O–H groups in total. The Labute approximate surface area is 113 Å². The highest BCUT2D eigenvalue weighted by atomic mass is 16.2. The van der Waals surface area contributed by atoms with Crippen LogP contribution in [0.3, 0.4) is 0 Å². The van der Waals surface area contributed by atoms with Crippen molar-refractivity contribution in [2.75, 3.05) is 18.9 Å². The van der Waals surface area contributed by atoms with Crippen LogP contribution in [0.4, 0.5) is 5.82 Å². The number of aryl methyl sites for hydroxylation is 1. The number of nitriles is 1. The van der Waals surface area contributed by atoms with E-state index < -0.39 is 5.41 Å². The van der Waals surface area contributed by atoms with Gasteiger partial charge in [-0.15, -0.1) is 5.10 Å². The van der Waals surface area contributed by atoms with E-state index in [0.717, 1.165) is 11.3 Å². The number of carbonyl (C=O) groups excluding carboxylic acids is 1. The number of amides is 1. The maximum atomic E-state index is 11.7. The average molecular weight is 261 g/mol. The normalized spacial score (nSPS) is 10.7. The summed E-state index contributed by atoms with van der Waals surface area (Å²) in [7, 11) is 1.60. The number of anilines is 1. The van der Waals surface area contributed by atoms with E-state index in [9.17, 15) is 10.1 Å². The van der Waals surface area contributed by atoms with E-state index in [0.29, 0.717) is 17.9 Å². The number of carbonyl (C=O) groups is 1. The maximum Gasteiger partial charge on any atom is 0.227 e. The van der Waals surface area contributed by atoms with Crippen molar-refractivity contribution in [3.8, 4) is 6.07 Å². The third-order valence-corrected chi connectivity index (χ3v) is 3.11. The fourth-order valence-electron chi connectivity index (χ4n) is 1.59. The summed E-state index contributed by atoms with van der Waals surface area (Å²) >= 11 is 0. The molecule has 0 saturated heterocycles. The van der Waals surface area contributed by atoms with Crippen LogP contribution in [0.25, 0.3) is 0 Å². The molecule has 6 heteroatoms. The molecule has 0 aliphatic heterocycles. The zero-order valence-corrected chi connectivity index (χ0v) is 12.0. The summed E-state index contributed by atoms with van der Waals surface area (Å²) in [6.45, 7) is 7.65. The van der Waals surface area contributed by atoms with Gasteiger partial charge in [-0.2, -0.15) is 10.4 Å². The van der Waals surface area contributed by atoms with Crippen LogP contribution in [0.15, 0.2) is 0 Å². The second-order valence-electron chi connectivity index (χ2n) is 5.06. The van der Waals surface area contributed by atoms with Gasteiger partial charge in [-0.05, 0) is 33.3 Å². The Morgan fingerprint density at radius 2 is 2.00 bits per heavy atom. The largest absolute Gasteiger partial charge is 0.366 e. The highest BCUT2D eigenvalue weighted by Crippen LogP contribution is 2.20. The maximum absolute atomic E-state index is 11.7. The molecule has 6 nitrogen and oxygen atoms in total. The van der Waals surface area contributed by atoms with E-state index >= 15 is 0 Å². The number of nitrogens with zero attached hydrogens (tertiary/aromatic N) is 3. The SMILES string of the molecule is CNC(=O)C(C)(C)CNc1nnc(C)c(C)c1C#N. The number of aromatic nitrogens is 2. The molecular formula is C13H19N5O. The predicted octanol–water partition coefficient (Wildman–Crippen LogP) is 1.15. The second-order valence-corrected chi connectivity index (χ2v) is 5.06. The van der Waals surface area contributed by atoms with Gasteiger partial charge in [0.15, 0.2) is 5.82 Å². The van der Waals surface area contributed by atoms with Gasteiger partial charge in [0.2, 0.25) is 5.91 Å². The molecule has 0 bridgehead atoms. The van der Waals surface area contributed by atoms with Crippen LogP contribution >= 0.6 is 0 Å². The van der Waals surface area contributed by atoms with Crippen LogP contribution in [-0.2, 0) is 4.79 Å². The summed E-state index contributed by atoms with van der Waals surface area (Å²) in [6, 6.07) is 2.12. The minimum Gasteiger partial charge on any atom is -0.366 e. The molecule has 102 valence electrons. The van der Waals surface area contributed by atoms with Crippen LogP contribution < -0.4 is 10.6 Å². The first kappa shape index (κ1) is 14.9. The number of rotatable bonds is 4. The summed E-state index contributed by atoms with van der Waals surface area (Å²) in [4.78, 5) is 11.7. The fourth-order valence-corrected chi connectivity index (χ4v) is 1.59. The van der Waals surface area contributed by atoms with Gasteiger partial charge in [0.25, 0.3) is 0 Å². The monoisotopic (exact) mass is 261 g/mol. The highest BCUT2D eigenvalue weighted by Gasteiger charge is 2.27. The molecule has 0 aliphatic carbocycles. The average Bonchev–Trinajstić information content (AvgIpc) is 2.39. The van der Waals surface area contributed by atoms with Crippen LogP contribution in [0.1, 0.15) is 30.7 Å². The Kier molecular flexibility index (Phi) is 4.43. The number of hydrogen-bond donors (Lipinski definition) is 2. The van der Waals surface area contributed by atoms with E-state index in [1.807, 2.05) is 20.8 Å². The van der Waals surface area contributed by atoms with Gasteiger partial charge >= 0.3 is 0 Å². The lowest BCUT2D eigenvalue weighted by atomic mass is 9.92. The van der Waals surface area contributed by atoms with Crippen LogP contribution in [-0.4, -0.2) is 29.7 Å². The van der Waals surface area contributed by atoms with Gasteiger partial charge in [-0.25, -0.2) is 0 Å². The molecule has 1 heterocycles. The van der Waals surface area contributed by atoms with Gasteiger partial charge in [0, 0.05) is 13.6 Å². The number of hydrogen-bond acceptors (Lipinski definition) is 5. The highest BCUT2D eigenvalue weighted by molar-refractivity contribution is 5.82. The number of nitrogens with one attached hydrogen (secondary N) is 2. The molecule has 0 fully saturated rings. The van der Waals surface area contributed by atoms with Gasteiger partial charge in [0.1, 0.15) is 11.6 Å². The summed E-state index contributed by atoms with van der Waals surface area (Å²) in [5, 5.41) is 22.8. The molecule has 0 aliphatic rings. The topological polar surface area (TPSA) is 90.7 Å². The van der Waals surface area contributed by atoms with Gasteiger partial charge in [-0.3, -0.25) is 4.79 Å². The third kappa shape index (κ3) is 3.19. The predicted molar refractivity (Wildman–Crippen MR) is 72.6 cm³/mol. The lowest BCUT2D eigenvalue weighted by Crippen LogP contribution is -2.39. The minimum atomic E-state index is -0.595. The van der Waals surface area contributed by atoms with Crippen molar-refractivity contribution in [1.29, 1.82) is 5.26 Å². The Morgan fingerprint density at radius 3 is 2.53 bits per heavy atom. The zero-order valence-electron chi connectivity index (χ0n) is 12.0. The Hall–Kier alpha value is -2.16. The lowest BCUT2D eigenvalue weighted by Gasteiger charge is -2.23. The molecule has 19 heavy (non-hydrogen) atoms. The molecule has 0 spiro atoms. The van der Waals surface area contributed by atoms with Crippen molar-refractivity contribution in [3.63, 3.8) is 0 Å². The van der Waals surface area contributed by atoms with Crippen molar-refractivity contribution >= 4 is 11.7 Å². The van der Waals surface area contributed by atoms with E-state index in [4.69, 9.17) is 0 Å². The van der Waals surface area contributed by atoms with E-state index in [1.54, 1.807) is 14.0 Å². The van der Waals surface area contributed by atoms with Crippen molar-refractivity contribution in [2.24, 2.45) is 5.41 Å². The van der Waals surface area contributed by atoms with E-state index in [-0.39, 0.29) is 5.91 Å². The smallest absolute Gasteiger partial charge is 0.227 e.